The first kappa shape index (κ1) is 19.2. The van der Waals surface area contributed by atoms with Gasteiger partial charge in [0, 0.05) is 12.4 Å². The predicted molar refractivity (Wildman–Crippen MR) is 105 cm³/mol. The van der Waals surface area contributed by atoms with E-state index in [4.69, 9.17) is 4.74 Å². The van der Waals surface area contributed by atoms with Gasteiger partial charge in [-0.05, 0) is 40.1 Å². The Labute approximate surface area is 166 Å². The molecule has 4 aromatic rings. The smallest absolute Gasteiger partial charge is 0.367 e. The molecule has 6 heteroatoms. The summed E-state index contributed by atoms with van der Waals surface area (Å²) in [6.07, 6.45) is 0.670. The zero-order valence-electron chi connectivity index (χ0n) is 15.5. The standard InChI is InChI=1S/C23H19F3N2O/c24-23(25,26)21-9-5-17(6-10-21)15-29-22(14-28-12-11-27-16-28)20-8-7-18-3-1-2-4-19(18)13-20/h1-13,16,22H,14-15H2. The van der Waals surface area contributed by atoms with Crippen molar-refractivity contribution in [2.75, 3.05) is 0 Å². The molecule has 148 valence electrons. The largest absolute Gasteiger partial charge is 0.416 e. The molecule has 0 spiro atoms. The number of ether oxygens (including phenoxy) is 1. The summed E-state index contributed by atoms with van der Waals surface area (Å²) in [4.78, 5) is 4.07. The van der Waals surface area contributed by atoms with Crippen LogP contribution >= 0.6 is 0 Å². The van der Waals surface area contributed by atoms with Gasteiger partial charge in [-0.2, -0.15) is 13.2 Å². The molecule has 0 saturated heterocycles. The number of fused-ring (bicyclic) bond motifs is 1. The lowest BCUT2D eigenvalue weighted by Crippen LogP contribution is -2.12. The molecule has 3 aromatic carbocycles. The molecule has 1 heterocycles. The van der Waals surface area contributed by atoms with Gasteiger partial charge in [-0.1, -0.05) is 48.5 Å². The Morgan fingerprint density at radius 1 is 0.931 bits per heavy atom. The van der Waals surface area contributed by atoms with Crippen LogP contribution in [0.4, 0.5) is 13.2 Å². The third kappa shape index (κ3) is 4.66. The number of hydrogen-bond donors (Lipinski definition) is 0. The highest BCUT2D eigenvalue weighted by atomic mass is 19.4. The van der Waals surface area contributed by atoms with Gasteiger partial charge >= 0.3 is 6.18 Å². The Morgan fingerprint density at radius 3 is 2.38 bits per heavy atom. The van der Waals surface area contributed by atoms with Crippen molar-refractivity contribution >= 4 is 10.8 Å². The molecule has 4 rings (SSSR count). The maximum absolute atomic E-state index is 12.8. The average Bonchev–Trinajstić information content (AvgIpc) is 3.23. The number of imidazole rings is 1. The molecule has 0 radical (unpaired) electrons. The van der Waals surface area contributed by atoms with Crippen molar-refractivity contribution < 1.29 is 17.9 Å². The fraction of sp³-hybridized carbons (Fsp3) is 0.174. The van der Waals surface area contributed by atoms with Gasteiger partial charge in [-0.15, -0.1) is 0 Å². The Morgan fingerprint density at radius 2 is 1.69 bits per heavy atom. The van der Waals surface area contributed by atoms with Gasteiger partial charge in [-0.25, -0.2) is 4.98 Å². The molecule has 0 amide bonds. The molecule has 0 fully saturated rings. The molecule has 0 aliphatic heterocycles. The molecule has 0 saturated carbocycles. The second kappa shape index (κ2) is 8.09. The number of aromatic nitrogens is 2. The van der Waals surface area contributed by atoms with Crippen LogP contribution in [0.1, 0.15) is 22.8 Å². The lowest BCUT2D eigenvalue weighted by molar-refractivity contribution is -0.137. The van der Waals surface area contributed by atoms with Gasteiger partial charge in [0.1, 0.15) is 6.10 Å². The Balaban J connectivity index is 1.55. The minimum Gasteiger partial charge on any atom is -0.367 e. The van der Waals surface area contributed by atoms with E-state index in [0.717, 1.165) is 28.5 Å². The van der Waals surface area contributed by atoms with E-state index >= 15 is 0 Å². The van der Waals surface area contributed by atoms with Gasteiger partial charge < -0.3 is 9.30 Å². The maximum Gasteiger partial charge on any atom is 0.416 e. The quantitative estimate of drug-likeness (QED) is 0.399. The third-order valence-electron chi connectivity index (χ3n) is 4.81. The van der Waals surface area contributed by atoms with Crippen molar-refractivity contribution in [3.8, 4) is 0 Å². The van der Waals surface area contributed by atoms with E-state index in [2.05, 4.69) is 11.1 Å². The summed E-state index contributed by atoms with van der Waals surface area (Å²) in [5.74, 6) is 0. The second-order valence-corrected chi connectivity index (χ2v) is 6.86. The Hall–Kier alpha value is -3.12. The first-order valence-corrected chi connectivity index (χ1v) is 9.21. The lowest BCUT2D eigenvalue weighted by Gasteiger charge is -2.20. The monoisotopic (exact) mass is 396 g/mol. The SMILES string of the molecule is FC(F)(F)c1ccc(COC(Cn2ccnc2)c2ccc3ccccc3c2)cc1. The van der Waals surface area contributed by atoms with E-state index in [1.165, 1.54) is 12.1 Å². The minimum absolute atomic E-state index is 0.213. The summed E-state index contributed by atoms with van der Waals surface area (Å²) in [7, 11) is 0. The highest BCUT2D eigenvalue weighted by Crippen LogP contribution is 2.30. The fourth-order valence-corrected chi connectivity index (χ4v) is 3.24. The van der Waals surface area contributed by atoms with Crippen LogP contribution in [0.25, 0.3) is 10.8 Å². The van der Waals surface area contributed by atoms with Crippen LogP contribution < -0.4 is 0 Å². The Bertz CT molecular complexity index is 1070. The molecule has 0 bridgehead atoms. The second-order valence-electron chi connectivity index (χ2n) is 6.86. The van der Waals surface area contributed by atoms with E-state index in [0.29, 0.717) is 12.1 Å². The molecule has 0 N–H and O–H groups in total. The van der Waals surface area contributed by atoms with E-state index in [1.54, 1.807) is 12.5 Å². The van der Waals surface area contributed by atoms with Crippen LogP contribution in [-0.2, 0) is 24.1 Å². The zero-order valence-corrected chi connectivity index (χ0v) is 15.5. The van der Waals surface area contributed by atoms with Crippen molar-refractivity contribution in [3.05, 3.63) is 102 Å². The molecule has 0 aliphatic carbocycles. The molecule has 1 unspecified atom stereocenters. The first-order chi connectivity index (χ1) is 14.0. The van der Waals surface area contributed by atoms with Gasteiger partial charge in [-0.3, -0.25) is 0 Å². The van der Waals surface area contributed by atoms with Crippen LogP contribution in [-0.4, -0.2) is 9.55 Å². The van der Waals surface area contributed by atoms with Gasteiger partial charge in [0.25, 0.3) is 0 Å². The fourth-order valence-electron chi connectivity index (χ4n) is 3.24. The highest BCUT2D eigenvalue weighted by molar-refractivity contribution is 5.83. The number of rotatable bonds is 6. The van der Waals surface area contributed by atoms with Crippen molar-refractivity contribution in [1.29, 1.82) is 0 Å². The number of nitrogens with zero attached hydrogens (tertiary/aromatic N) is 2. The molecular formula is C23H19F3N2O. The zero-order chi connectivity index (χ0) is 20.3. The van der Waals surface area contributed by atoms with Crippen LogP contribution in [0.5, 0.6) is 0 Å². The van der Waals surface area contributed by atoms with Crippen molar-refractivity contribution in [3.63, 3.8) is 0 Å². The van der Waals surface area contributed by atoms with Gasteiger partial charge in [0.2, 0.25) is 0 Å². The maximum atomic E-state index is 12.8. The average molecular weight is 396 g/mol. The molecule has 29 heavy (non-hydrogen) atoms. The number of benzene rings is 3. The summed E-state index contributed by atoms with van der Waals surface area (Å²) in [6, 6.07) is 19.3. The number of hydrogen-bond acceptors (Lipinski definition) is 2. The topological polar surface area (TPSA) is 27.1 Å². The number of halogens is 3. The first-order valence-electron chi connectivity index (χ1n) is 9.21. The highest BCUT2D eigenvalue weighted by Gasteiger charge is 2.29. The van der Waals surface area contributed by atoms with Gasteiger partial charge in [0.05, 0.1) is 25.0 Å². The predicted octanol–water partition coefficient (Wildman–Crippen LogP) is 6.01. The molecule has 1 atom stereocenters. The molecular weight excluding hydrogens is 377 g/mol. The number of alkyl halides is 3. The van der Waals surface area contributed by atoms with E-state index < -0.39 is 11.7 Å². The molecule has 0 aliphatic rings. The van der Waals surface area contributed by atoms with Gasteiger partial charge in [0.15, 0.2) is 0 Å². The normalized spacial score (nSPS) is 12.9. The van der Waals surface area contributed by atoms with Crippen molar-refractivity contribution in [2.45, 2.75) is 25.4 Å². The molecule has 1 aromatic heterocycles. The third-order valence-corrected chi connectivity index (χ3v) is 4.81. The van der Waals surface area contributed by atoms with E-state index in [9.17, 15) is 13.2 Å². The van der Waals surface area contributed by atoms with Crippen molar-refractivity contribution in [1.82, 2.24) is 9.55 Å². The lowest BCUT2D eigenvalue weighted by atomic mass is 10.0. The Kier molecular flexibility index (Phi) is 5.36. The van der Waals surface area contributed by atoms with E-state index in [-0.39, 0.29) is 12.7 Å². The minimum atomic E-state index is -4.34. The van der Waals surface area contributed by atoms with Crippen LogP contribution in [0.3, 0.4) is 0 Å². The van der Waals surface area contributed by atoms with Crippen molar-refractivity contribution in [2.24, 2.45) is 0 Å². The van der Waals surface area contributed by atoms with Crippen LogP contribution in [0.2, 0.25) is 0 Å². The summed E-state index contributed by atoms with van der Waals surface area (Å²) < 4.78 is 46.3. The summed E-state index contributed by atoms with van der Waals surface area (Å²) >= 11 is 0. The summed E-state index contributed by atoms with van der Waals surface area (Å²) in [6.45, 7) is 0.767. The summed E-state index contributed by atoms with van der Waals surface area (Å²) in [5.41, 5.74) is 1.03. The molecule has 3 nitrogen and oxygen atoms in total. The summed E-state index contributed by atoms with van der Waals surface area (Å²) in [5, 5.41) is 2.25. The van der Waals surface area contributed by atoms with Crippen LogP contribution in [0.15, 0.2) is 85.5 Å². The van der Waals surface area contributed by atoms with Crippen LogP contribution in [0, 0.1) is 0 Å². The van der Waals surface area contributed by atoms with E-state index in [1.807, 2.05) is 47.2 Å².